The van der Waals surface area contributed by atoms with Crippen molar-refractivity contribution in [1.29, 1.82) is 0 Å². The lowest BCUT2D eigenvalue weighted by Crippen LogP contribution is -2.15. The minimum absolute atomic E-state index is 0.0410. The summed E-state index contributed by atoms with van der Waals surface area (Å²) in [4.78, 5) is 16.3. The van der Waals surface area contributed by atoms with Crippen molar-refractivity contribution in [2.45, 2.75) is 38.9 Å². The van der Waals surface area contributed by atoms with Crippen LogP contribution in [0.2, 0.25) is 5.02 Å². The molecular weight excluding hydrogens is 370 g/mol. The molecular formula is C20H20ClNOS2. The van der Waals surface area contributed by atoms with Crippen LogP contribution in [0, 0.1) is 12.8 Å². The summed E-state index contributed by atoms with van der Waals surface area (Å²) in [5.41, 5.74) is 4.71. The highest BCUT2D eigenvalue weighted by molar-refractivity contribution is 8.03. The first-order valence-corrected chi connectivity index (χ1v) is 10.8. The smallest absolute Gasteiger partial charge is 0.262 e. The van der Waals surface area contributed by atoms with E-state index in [1.54, 1.807) is 17.3 Å². The molecule has 1 aliphatic heterocycles. The van der Waals surface area contributed by atoms with Crippen molar-refractivity contribution >= 4 is 52.4 Å². The number of fused-ring (bicyclic) bond motifs is 3. The largest absolute Gasteiger partial charge is 0.321 e. The lowest BCUT2D eigenvalue weighted by molar-refractivity contribution is -0.112. The van der Waals surface area contributed by atoms with E-state index in [1.165, 1.54) is 34.6 Å². The number of amides is 1. The second-order valence-corrected chi connectivity index (χ2v) is 9.42. The molecule has 1 aliphatic carbocycles. The number of hydrogen-bond donors (Lipinski definition) is 1. The molecule has 1 amide bonds. The van der Waals surface area contributed by atoms with E-state index in [4.69, 9.17) is 11.6 Å². The highest BCUT2D eigenvalue weighted by Crippen LogP contribution is 2.43. The second-order valence-electron chi connectivity index (χ2n) is 6.86. The molecule has 1 atom stereocenters. The molecule has 2 aromatic rings. The number of benzene rings is 1. The van der Waals surface area contributed by atoms with E-state index >= 15 is 0 Å². The minimum atomic E-state index is -0.0410. The molecule has 4 rings (SSSR count). The first-order chi connectivity index (χ1) is 12.0. The van der Waals surface area contributed by atoms with Gasteiger partial charge in [0.1, 0.15) is 0 Å². The molecule has 1 aromatic carbocycles. The molecule has 0 bridgehead atoms. The SMILES string of the molecule is Cc1c(Cl)cccc1NC(=O)C1=Cc2sc3c(c2CS1)CCC(C)C3. The summed E-state index contributed by atoms with van der Waals surface area (Å²) >= 11 is 9.68. The summed E-state index contributed by atoms with van der Waals surface area (Å²) in [6.07, 6.45) is 5.74. The number of halogens is 1. The van der Waals surface area contributed by atoms with E-state index in [9.17, 15) is 4.79 Å². The zero-order valence-electron chi connectivity index (χ0n) is 14.3. The average Bonchev–Trinajstić information content (AvgIpc) is 2.95. The van der Waals surface area contributed by atoms with Crippen LogP contribution in [0.3, 0.4) is 0 Å². The van der Waals surface area contributed by atoms with Gasteiger partial charge in [0.15, 0.2) is 0 Å². The maximum absolute atomic E-state index is 12.7. The van der Waals surface area contributed by atoms with E-state index in [2.05, 4.69) is 18.3 Å². The highest BCUT2D eigenvalue weighted by Gasteiger charge is 2.27. The van der Waals surface area contributed by atoms with Crippen LogP contribution in [-0.4, -0.2) is 5.91 Å². The zero-order valence-corrected chi connectivity index (χ0v) is 16.7. The summed E-state index contributed by atoms with van der Waals surface area (Å²) < 4.78 is 0. The lowest BCUT2D eigenvalue weighted by atomic mass is 9.88. The van der Waals surface area contributed by atoms with Gasteiger partial charge in [-0.05, 0) is 67.0 Å². The number of nitrogens with one attached hydrogen (secondary N) is 1. The standard InChI is InChI=1S/C20H20ClNOS2/c1-11-6-7-13-14-10-24-19(9-18(14)25-17(13)8-11)20(23)22-16-5-3-4-15(21)12(16)2/h3-5,9,11H,6-8,10H2,1-2H3,(H,22,23). The summed E-state index contributed by atoms with van der Waals surface area (Å²) in [7, 11) is 0. The van der Waals surface area contributed by atoms with Crippen molar-refractivity contribution in [3.05, 3.63) is 54.6 Å². The Balaban J connectivity index is 1.59. The first kappa shape index (κ1) is 17.2. The summed E-state index contributed by atoms with van der Waals surface area (Å²) in [6.45, 7) is 4.26. The Morgan fingerprint density at radius 3 is 3.00 bits per heavy atom. The van der Waals surface area contributed by atoms with Crippen molar-refractivity contribution in [3.63, 3.8) is 0 Å². The van der Waals surface area contributed by atoms with Crippen molar-refractivity contribution < 1.29 is 4.79 Å². The van der Waals surface area contributed by atoms with Gasteiger partial charge in [-0.25, -0.2) is 0 Å². The zero-order chi connectivity index (χ0) is 17.6. The normalized spacial score (nSPS) is 19.0. The molecule has 2 aliphatic rings. The average molecular weight is 390 g/mol. The summed E-state index contributed by atoms with van der Waals surface area (Å²) in [5.74, 6) is 1.64. The van der Waals surface area contributed by atoms with E-state index in [0.717, 1.165) is 27.8 Å². The van der Waals surface area contributed by atoms with Gasteiger partial charge in [-0.3, -0.25) is 4.79 Å². The molecule has 5 heteroatoms. The fraction of sp³-hybridized carbons (Fsp3) is 0.350. The number of rotatable bonds is 2. The Labute approximate surface area is 161 Å². The third-order valence-corrected chi connectivity index (χ3v) is 7.73. The second kappa shape index (κ2) is 6.82. The van der Waals surface area contributed by atoms with Crippen LogP contribution < -0.4 is 5.32 Å². The monoisotopic (exact) mass is 389 g/mol. The maximum atomic E-state index is 12.7. The van der Waals surface area contributed by atoms with Crippen LogP contribution in [0.25, 0.3) is 6.08 Å². The molecule has 2 heterocycles. The summed E-state index contributed by atoms with van der Waals surface area (Å²) in [6, 6.07) is 5.59. The van der Waals surface area contributed by atoms with Gasteiger partial charge in [0.25, 0.3) is 5.91 Å². The third kappa shape index (κ3) is 3.27. The van der Waals surface area contributed by atoms with E-state index in [1.807, 2.05) is 36.5 Å². The molecule has 0 radical (unpaired) electrons. The van der Waals surface area contributed by atoms with Crippen molar-refractivity contribution in [2.75, 3.05) is 5.32 Å². The predicted molar refractivity (Wildman–Crippen MR) is 110 cm³/mol. The number of anilines is 1. The molecule has 0 spiro atoms. The maximum Gasteiger partial charge on any atom is 0.262 e. The Hall–Kier alpha value is -1.23. The first-order valence-electron chi connectivity index (χ1n) is 8.57. The van der Waals surface area contributed by atoms with Crippen LogP contribution in [-0.2, 0) is 23.4 Å². The fourth-order valence-corrected chi connectivity index (χ4v) is 6.31. The molecule has 0 saturated heterocycles. The van der Waals surface area contributed by atoms with Gasteiger partial charge in [0.05, 0.1) is 4.91 Å². The Morgan fingerprint density at radius 2 is 2.16 bits per heavy atom. The molecule has 1 aromatic heterocycles. The molecule has 1 N–H and O–H groups in total. The van der Waals surface area contributed by atoms with Crippen LogP contribution in [0.4, 0.5) is 5.69 Å². The molecule has 0 fully saturated rings. The van der Waals surface area contributed by atoms with Crippen LogP contribution in [0.15, 0.2) is 23.1 Å². The number of thioether (sulfide) groups is 1. The highest BCUT2D eigenvalue weighted by atomic mass is 35.5. The molecule has 2 nitrogen and oxygen atoms in total. The van der Waals surface area contributed by atoms with Gasteiger partial charge in [-0.15, -0.1) is 23.1 Å². The van der Waals surface area contributed by atoms with E-state index in [0.29, 0.717) is 5.02 Å². The molecule has 25 heavy (non-hydrogen) atoms. The van der Waals surface area contributed by atoms with Gasteiger partial charge in [-0.1, -0.05) is 24.6 Å². The van der Waals surface area contributed by atoms with Crippen molar-refractivity contribution in [3.8, 4) is 0 Å². The number of carbonyl (C=O) groups is 1. The van der Waals surface area contributed by atoms with Crippen LogP contribution in [0.5, 0.6) is 0 Å². The van der Waals surface area contributed by atoms with E-state index in [-0.39, 0.29) is 5.91 Å². The minimum Gasteiger partial charge on any atom is -0.321 e. The number of hydrogen-bond acceptors (Lipinski definition) is 3. The van der Waals surface area contributed by atoms with Gasteiger partial charge in [-0.2, -0.15) is 0 Å². The third-order valence-electron chi connectivity index (χ3n) is 5.03. The Bertz CT molecular complexity index is 884. The lowest BCUT2D eigenvalue weighted by Gasteiger charge is -2.20. The van der Waals surface area contributed by atoms with Crippen molar-refractivity contribution in [2.24, 2.45) is 5.92 Å². The van der Waals surface area contributed by atoms with Crippen LogP contribution in [0.1, 0.15) is 39.8 Å². The number of carbonyl (C=O) groups excluding carboxylic acids is 1. The Kier molecular flexibility index (Phi) is 4.69. The predicted octanol–water partition coefficient (Wildman–Crippen LogP) is 6.06. The topological polar surface area (TPSA) is 29.1 Å². The van der Waals surface area contributed by atoms with Gasteiger partial charge in [0, 0.05) is 26.2 Å². The van der Waals surface area contributed by atoms with Gasteiger partial charge < -0.3 is 5.32 Å². The molecule has 1 unspecified atom stereocenters. The Morgan fingerprint density at radius 1 is 1.32 bits per heavy atom. The quantitative estimate of drug-likeness (QED) is 0.676. The molecule has 130 valence electrons. The fourth-order valence-electron chi connectivity index (χ4n) is 3.48. The van der Waals surface area contributed by atoms with Gasteiger partial charge >= 0.3 is 0 Å². The van der Waals surface area contributed by atoms with E-state index < -0.39 is 0 Å². The molecule has 0 saturated carbocycles. The summed E-state index contributed by atoms with van der Waals surface area (Å²) in [5, 5.41) is 3.68. The number of thiophene rings is 1. The van der Waals surface area contributed by atoms with Crippen molar-refractivity contribution in [1.82, 2.24) is 0 Å². The van der Waals surface area contributed by atoms with Gasteiger partial charge in [0.2, 0.25) is 0 Å². The van der Waals surface area contributed by atoms with Crippen LogP contribution >= 0.6 is 34.7 Å².